The number of phenolic OH excluding ortho intramolecular Hbond substituents is 1. The number of nitro benzene ring substituents is 1. The number of benzene rings is 2. The fourth-order valence-corrected chi connectivity index (χ4v) is 1.94. The molecule has 108 valence electrons. The number of amides is 1. The SMILES string of the molecule is O=C(NCc1ccccc1Cl)c1ccc([N+](=O)[O-])c(O)c1. The van der Waals surface area contributed by atoms with Crippen molar-refractivity contribution >= 4 is 23.2 Å². The second-order valence-electron chi connectivity index (χ2n) is 4.23. The van der Waals surface area contributed by atoms with E-state index >= 15 is 0 Å². The second kappa shape index (κ2) is 6.23. The van der Waals surface area contributed by atoms with Gasteiger partial charge >= 0.3 is 5.69 Å². The molecule has 6 nitrogen and oxygen atoms in total. The van der Waals surface area contributed by atoms with Crippen molar-refractivity contribution in [2.24, 2.45) is 0 Å². The van der Waals surface area contributed by atoms with E-state index in [0.29, 0.717) is 5.02 Å². The summed E-state index contributed by atoms with van der Waals surface area (Å²) < 4.78 is 0. The molecule has 0 saturated heterocycles. The van der Waals surface area contributed by atoms with Gasteiger partial charge in [-0.05, 0) is 23.8 Å². The molecule has 7 heteroatoms. The van der Waals surface area contributed by atoms with Gasteiger partial charge < -0.3 is 10.4 Å². The Kier molecular flexibility index (Phi) is 4.39. The Morgan fingerprint density at radius 3 is 2.62 bits per heavy atom. The molecule has 0 aromatic heterocycles. The normalized spacial score (nSPS) is 10.1. The Bertz CT molecular complexity index is 703. The van der Waals surface area contributed by atoms with Gasteiger partial charge in [-0.3, -0.25) is 14.9 Å². The van der Waals surface area contributed by atoms with E-state index in [1.54, 1.807) is 24.3 Å². The maximum atomic E-state index is 11.9. The largest absolute Gasteiger partial charge is 0.502 e. The minimum absolute atomic E-state index is 0.130. The van der Waals surface area contributed by atoms with Crippen LogP contribution in [-0.4, -0.2) is 15.9 Å². The van der Waals surface area contributed by atoms with Crippen molar-refractivity contribution in [1.29, 1.82) is 0 Å². The molecule has 1 amide bonds. The average Bonchev–Trinajstić information content (AvgIpc) is 2.45. The lowest BCUT2D eigenvalue weighted by Gasteiger charge is -2.07. The van der Waals surface area contributed by atoms with Crippen molar-refractivity contribution in [3.63, 3.8) is 0 Å². The molecule has 0 heterocycles. The number of phenols is 1. The fourth-order valence-electron chi connectivity index (χ4n) is 1.74. The zero-order valence-corrected chi connectivity index (χ0v) is 11.5. The molecule has 2 aromatic rings. The minimum atomic E-state index is -0.721. The Hall–Kier alpha value is -2.60. The third-order valence-electron chi connectivity index (χ3n) is 2.83. The standard InChI is InChI=1S/C14H11ClN2O4/c15-11-4-2-1-3-10(11)8-16-14(19)9-5-6-12(17(20)21)13(18)7-9/h1-7,18H,8H2,(H,16,19). The minimum Gasteiger partial charge on any atom is -0.502 e. The molecule has 0 atom stereocenters. The van der Waals surface area contributed by atoms with Gasteiger partial charge in [0, 0.05) is 23.2 Å². The lowest BCUT2D eigenvalue weighted by molar-refractivity contribution is -0.385. The van der Waals surface area contributed by atoms with Gasteiger partial charge in [0.25, 0.3) is 5.91 Å². The Balaban J connectivity index is 2.09. The molecular formula is C14H11ClN2O4. The molecule has 0 fully saturated rings. The summed E-state index contributed by atoms with van der Waals surface area (Å²) in [6, 6.07) is 10.5. The molecule has 0 aliphatic rings. The smallest absolute Gasteiger partial charge is 0.310 e. The number of halogens is 1. The van der Waals surface area contributed by atoms with Crippen molar-refractivity contribution < 1.29 is 14.8 Å². The summed E-state index contributed by atoms with van der Waals surface area (Å²) in [6.07, 6.45) is 0. The van der Waals surface area contributed by atoms with E-state index in [0.717, 1.165) is 17.7 Å². The summed E-state index contributed by atoms with van der Waals surface area (Å²) >= 11 is 5.97. The number of carbonyl (C=O) groups is 1. The van der Waals surface area contributed by atoms with Crippen molar-refractivity contribution in [2.75, 3.05) is 0 Å². The first-order valence-electron chi connectivity index (χ1n) is 5.98. The van der Waals surface area contributed by atoms with Crippen LogP contribution >= 0.6 is 11.6 Å². The van der Waals surface area contributed by atoms with E-state index < -0.39 is 22.3 Å². The number of nitrogens with one attached hydrogen (secondary N) is 1. The molecule has 0 bridgehead atoms. The van der Waals surface area contributed by atoms with Crippen LogP contribution < -0.4 is 5.32 Å². The van der Waals surface area contributed by atoms with E-state index in [1.807, 2.05) is 0 Å². The summed E-state index contributed by atoms with van der Waals surface area (Å²) in [7, 11) is 0. The van der Waals surface area contributed by atoms with Gasteiger partial charge in [0.1, 0.15) is 0 Å². The second-order valence-corrected chi connectivity index (χ2v) is 4.64. The van der Waals surface area contributed by atoms with Gasteiger partial charge in [0.2, 0.25) is 0 Å². The van der Waals surface area contributed by atoms with Crippen LogP contribution in [0.3, 0.4) is 0 Å². The highest BCUT2D eigenvalue weighted by molar-refractivity contribution is 6.31. The Labute approximate surface area is 125 Å². The molecule has 2 aromatic carbocycles. The Morgan fingerprint density at radius 1 is 1.29 bits per heavy atom. The predicted molar refractivity (Wildman–Crippen MR) is 77.4 cm³/mol. The molecule has 21 heavy (non-hydrogen) atoms. The molecule has 0 radical (unpaired) electrons. The highest BCUT2D eigenvalue weighted by Crippen LogP contribution is 2.26. The predicted octanol–water partition coefficient (Wildman–Crippen LogP) is 2.88. The van der Waals surface area contributed by atoms with E-state index in [4.69, 9.17) is 11.6 Å². The summed E-state index contributed by atoms with van der Waals surface area (Å²) in [5.74, 6) is -1.01. The summed E-state index contributed by atoms with van der Waals surface area (Å²) in [4.78, 5) is 21.8. The number of nitrogens with zero attached hydrogens (tertiary/aromatic N) is 1. The van der Waals surface area contributed by atoms with Crippen LogP contribution in [-0.2, 0) is 6.54 Å². The topological polar surface area (TPSA) is 92.5 Å². The number of nitro groups is 1. The van der Waals surface area contributed by atoms with Crippen LogP contribution in [0, 0.1) is 10.1 Å². The summed E-state index contributed by atoms with van der Waals surface area (Å²) in [5, 5.41) is 23.2. The molecule has 0 unspecified atom stereocenters. The maximum Gasteiger partial charge on any atom is 0.310 e. The zero-order valence-electron chi connectivity index (χ0n) is 10.7. The van der Waals surface area contributed by atoms with Gasteiger partial charge in [-0.2, -0.15) is 0 Å². The van der Waals surface area contributed by atoms with Crippen molar-refractivity contribution in [2.45, 2.75) is 6.54 Å². The van der Waals surface area contributed by atoms with Gasteiger partial charge in [0.15, 0.2) is 5.75 Å². The highest BCUT2D eigenvalue weighted by atomic mass is 35.5. The number of hydrogen-bond acceptors (Lipinski definition) is 4. The molecule has 0 aliphatic carbocycles. The average molecular weight is 307 g/mol. The van der Waals surface area contributed by atoms with E-state index in [2.05, 4.69) is 5.32 Å². The number of carbonyl (C=O) groups excluding carboxylic acids is 1. The van der Waals surface area contributed by atoms with Crippen molar-refractivity contribution in [3.8, 4) is 5.75 Å². The highest BCUT2D eigenvalue weighted by Gasteiger charge is 2.16. The molecule has 2 N–H and O–H groups in total. The first kappa shape index (κ1) is 14.8. The lowest BCUT2D eigenvalue weighted by atomic mass is 10.1. The Morgan fingerprint density at radius 2 is 2.00 bits per heavy atom. The molecule has 0 spiro atoms. The van der Waals surface area contributed by atoms with Crippen LogP contribution in [0.2, 0.25) is 5.02 Å². The number of aromatic hydroxyl groups is 1. The van der Waals surface area contributed by atoms with E-state index in [1.165, 1.54) is 6.07 Å². The quantitative estimate of drug-likeness (QED) is 0.671. The molecule has 0 saturated carbocycles. The van der Waals surface area contributed by atoms with E-state index in [9.17, 15) is 20.0 Å². The van der Waals surface area contributed by atoms with Crippen LogP contribution in [0.15, 0.2) is 42.5 Å². The van der Waals surface area contributed by atoms with Crippen LogP contribution in [0.25, 0.3) is 0 Å². The molecule has 0 aliphatic heterocycles. The first-order valence-corrected chi connectivity index (χ1v) is 6.36. The maximum absolute atomic E-state index is 11.9. The fraction of sp³-hybridized carbons (Fsp3) is 0.0714. The first-order chi connectivity index (χ1) is 9.99. The van der Waals surface area contributed by atoms with Gasteiger partial charge in [-0.15, -0.1) is 0 Å². The van der Waals surface area contributed by atoms with Crippen LogP contribution in [0.4, 0.5) is 5.69 Å². The van der Waals surface area contributed by atoms with Crippen molar-refractivity contribution in [3.05, 3.63) is 68.7 Å². The van der Waals surface area contributed by atoms with Gasteiger partial charge in [-0.1, -0.05) is 29.8 Å². The number of hydrogen-bond donors (Lipinski definition) is 2. The monoisotopic (exact) mass is 306 g/mol. The molecular weight excluding hydrogens is 296 g/mol. The summed E-state index contributed by atoms with van der Waals surface area (Å²) in [5.41, 5.74) is 0.432. The van der Waals surface area contributed by atoms with Crippen LogP contribution in [0.1, 0.15) is 15.9 Å². The lowest BCUT2D eigenvalue weighted by Crippen LogP contribution is -2.22. The number of rotatable bonds is 4. The van der Waals surface area contributed by atoms with E-state index in [-0.39, 0.29) is 12.1 Å². The third-order valence-corrected chi connectivity index (χ3v) is 3.20. The van der Waals surface area contributed by atoms with Gasteiger partial charge in [-0.25, -0.2) is 0 Å². The third kappa shape index (κ3) is 3.49. The van der Waals surface area contributed by atoms with Gasteiger partial charge in [0.05, 0.1) is 4.92 Å². The summed E-state index contributed by atoms with van der Waals surface area (Å²) in [6.45, 7) is 0.219. The molecule has 2 rings (SSSR count). The van der Waals surface area contributed by atoms with Crippen LogP contribution in [0.5, 0.6) is 5.75 Å². The zero-order chi connectivity index (χ0) is 15.4. The van der Waals surface area contributed by atoms with Crippen molar-refractivity contribution in [1.82, 2.24) is 5.32 Å².